The van der Waals surface area contributed by atoms with Crippen LogP contribution in [0.4, 0.5) is 5.82 Å². The molecule has 0 aliphatic carbocycles. The van der Waals surface area contributed by atoms with Gasteiger partial charge in [-0.2, -0.15) is 0 Å². The van der Waals surface area contributed by atoms with Crippen molar-refractivity contribution in [3.8, 4) is 10.4 Å². The first-order valence-corrected chi connectivity index (χ1v) is 9.54. The third-order valence-electron chi connectivity index (χ3n) is 4.81. The number of nitrogens with one attached hydrogen (secondary N) is 1. The standard InChI is InChI=1S/C21H19N3S/c1-3-7-18-15(5-1)13-17(21(23-18)24-11-9-22-10-12-24)20-14-16-6-2-4-8-19(16)25-20/h1-8,13-14,22H,9-12H2. The van der Waals surface area contributed by atoms with Crippen molar-refractivity contribution in [1.82, 2.24) is 10.3 Å². The van der Waals surface area contributed by atoms with Crippen molar-refractivity contribution in [1.29, 1.82) is 0 Å². The van der Waals surface area contributed by atoms with Gasteiger partial charge in [0.2, 0.25) is 0 Å². The molecule has 0 saturated carbocycles. The molecule has 0 unspecified atom stereocenters. The van der Waals surface area contributed by atoms with Gasteiger partial charge in [-0.05, 0) is 29.7 Å². The molecule has 3 heterocycles. The molecule has 4 heteroatoms. The molecule has 1 saturated heterocycles. The van der Waals surface area contributed by atoms with E-state index in [0.717, 1.165) is 37.5 Å². The molecule has 0 bridgehead atoms. The highest BCUT2D eigenvalue weighted by Crippen LogP contribution is 2.39. The van der Waals surface area contributed by atoms with Gasteiger partial charge in [-0.15, -0.1) is 11.3 Å². The monoisotopic (exact) mass is 345 g/mol. The van der Waals surface area contributed by atoms with Crippen LogP contribution in [0, 0.1) is 0 Å². The van der Waals surface area contributed by atoms with E-state index in [-0.39, 0.29) is 0 Å². The summed E-state index contributed by atoms with van der Waals surface area (Å²) in [4.78, 5) is 8.77. The smallest absolute Gasteiger partial charge is 0.138 e. The quantitative estimate of drug-likeness (QED) is 0.579. The van der Waals surface area contributed by atoms with E-state index in [9.17, 15) is 0 Å². The molecule has 1 aliphatic heterocycles. The average molecular weight is 345 g/mol. The third kappa shape index (κ3) is 2.68. The summed E-state index contributed by atoms with van der Waals surface area (Å²) in [5.41, 5.74) is 2.32. The maximum Gasteiger partial charge on any atom is 0.138 e. The highest BCUT2D eigenvalue weighted by Gasteiger charge is 2.19. The molecule has 25 heavy (non-hydrogen) atoms. The maximum atomic E-state index is 5.05. The number of thiophene rings is 1. The number of hydrogen-bond donors (Lipinski definition) is 1. The summed E-state index contributed by atoms with van der Waals surface area (Å²) in [6, 6.07) is 21.6. The molecule has 0 spiro atoms. The lowest BCUT2D eigenvalue weighted by Gasteiger charge is -2.30. The van der Waals surface area contributed by atoms with E-state index in [4.69, 9.17) is 4.98 Å². The van der Waals surface area contributed by atoms with Crippen LogP contribution in [0.3, 0.4) is 0 Å². The lowest BCUT2D eigenvalue weighted by atomic mass is 10.1. The van der Waals surface area contributed by atoms with Gasteiger partial charge in [0, 0.05) is 46.7 Å². The molecule has 124 valence electrons. The first-order chi connectivity index (χ1) is 12.4. The summed E-state index contributed by atoms with van der Waals surface area (Å²) in [6.45, 7) is 4.03. The number of fused-ring (bicyclic) bond motifs is 2. The van der Waals surface area contributed by atoms with Crippen LogP contribution < -0.4 is 10.2 Å². The number of anilines is 1. The van der Waals surface area contributed by atoms with Crippen molar-refractivity contribution >= 4 is 38.1 Å². The van der Waals surface area contributed by atoms with Gasteiger partial charge < -0.3 is 10.2 Å². The van der Waals surface area contributed by atoms with Crippen molar-refractivity contribution < 1.29 is 0 Å². The molecule has 1 fully saturated rings. The predicted molar refractivity (Wildman–Crippen MR) is 108 cm³/mol. The number of rotatable bonds is 2. The number of pyridine rings is 1. The predicted octanol–water partition coefficient (Wildman–Crippen LogP) is 4.53. The molecule has 3 nitrogen and oxygen atoms in total. The Morgan fingerprint density at radius 3 is 2.48 bits per heavy atom. The molecule has 0 amide bonds. The first kappa shape index (κ1) is 14.9. The van der Waals surface area contributed by atoms with Crippen LogP contribution in [-0.2, 0) is 0 Å². The van der Waals surface area contributed by atoms with E-state index in [1.54, 1.807) is 0 Å². The number of nitrogens with zero attached hydrogens (tertiary/aromatic N) is 2. The van der Waals surface area contributed by atoms with Crippen LogP contribution in [0.2, 0.25) is 0 Å². The van der Waals surface area contributed by atoms with E-state index in [0.29, 0.717) is 0 Å². The third-order valence-corrected chi connectivity index (χ3v) is 5.96. The molecular weight excluding hydrogens is 326 g/mol. The van der Waals surface area contributed by atoms with Crippen molar-refractivity contribution in [3.63, 3.8) is 0 Å². The highest BCUT2D eigenvalue weighted by atomic mass is 32.1. The average Bonchev–Trinajstić information content (AvgIpc) is 3.12. The molecule has 0 atom stereocenters. The van der Waals surface area contributed by atoms with Gasteiger partial charge in [0.15, 0.2) is 0 Å². The zero-order valence-electron chi connectivity index (χ0n) is 13.9. The van der Waals surface area contributed by atoms with Gasteiger partial charge >= 0.3 is 0 Å². The van der Waals surface area contributed by atoms with Gasteiger partial charge in [0.25, 0.3) is 0 Å². The first-order valence-electron chi connectivity index (χ1n) is 8.73. The summed E-state index contributed by atoms with van der Waals surface area (Å²) in [7, 11) is 0. The van der Waals surface area contributed by atoms with E-state index in [2.05, 4.69) is 70.9 Å². The van der Waals surface area contributed by atoms with Crippen LogP contribution in [0.1, 0.15) is 0 Å². The van der Waals surface area contributed by atoms with E-state index in [1.165, 1.54) is 25.9 Å². The minimum Gasteiger partial charge on any atom is -0.354 e. The maximum absolute atomic E-state index is 5.05. The highest BCUT2D eigenvalue weighted by molar-refractivity contribution is 7.22. The summed E-state index contributed by atoms with van der Waals surface area (Å²) in [5.74, 6) is 1.12. The second-order valence-corrected chi connectivity index (χ2v) is 7.52. The second-order valence-electron chi connectivity index (χ2n) is 6.44. The number of benzene rings is 2. The molecule has 0 radical (unpaired) electrons. The zero-order valence-corrected chi connectivity index (χ0v) is 14.7. The number of hydrogen-bond acceptors (Lipinski definition) is 4. The van der Waals surface area contributed by atoms with Crippen molar-refractivity contribution in [2.45, 2.75) is 0 Å². The fourth-order valence-corrected chi connectivity index (χ4v) is 4.59. The van der Waals surface area contributed by atoms with Crippen molar-refractivity contribution in [3.05, 3.63) is 60.7 Å². The van der Waals surface area contributed by atoms with Crippen LogP contribution >= 0.6 is 11.3 Å². The fraction of sp³-hybridized carbons (Fsp3) is 0.190. The van der Waals surface area contributed by atoms with Crippen LogP contribution in [0.5, 0.6) is 0 Å². The van der Waals surface area contributed by atoms with E-state index < -0.39 is 0 Å². The molecule has 1 aliphatic rings. The SMILES string of the molecule is c1ccc2nc(N3CCNCC3)c(-c3cc4ccccc4s3)cc2c1. The molecule has 5 rings (SSSR count). The summed E-state index contributed by atoms with van der Waals surface area (Å²) < 4.78 is 1.33. The Balaban J connectivity index is 1.73. The molecule has 2 aromatic carbocycles. The summed E-state index contributed by atoms with van der Waals surface area (Å²) in [6.07, 6.45) is 0. The largest absolute Gasteiger partial charge is 0.354 e. The Morgan fingerprint density at radius 2 is 1.64 bits per heavy atom. The lowest BCUT2D eigenvalue weighted by Crippen LogP contribution is -2.44. The van der Waals surface area contributed by atoms with Crippen molar-refractivity contribution in [2.75, 3.05) is 31.1 Å². The zero-order chi connectivity index (χ0) is 16.6. The van der Waals surface area contributed by atoms with Gasteiger partial charge in [0.05, 0.1) is 5.52 Å². The van der Waals surface area contributed by atoms with Crippen LogP contribution in [0.15, 0.2) is 60.7 Å². The Hall–Kier alpha value is -2.43. The Morgan fingerprint density at radius 1 is 0.880 bits per heavy atom. The van der Waals surface area contributed by atoms with E-state index >= 15 is 0 Å². The van der Waals surface area contributed by atoms with Gasteiger partial charge in [-0.1, -0.05) is 36.4 Å². The Labute approximate surface area is 150 Å². The Kier molecular flexibility index (Phi) is 3.65. The number of para-hydroxylation sites is 1. The van der Waals surface area contributed by atoms with Crippen LogP contribution in [-0.4, -0.2) is 31.2 Å². The van der Waals surface area contributed by atoms with Crippen molar-refractivity contribution in [2.24, 2.45) is 0 Å². The summed E-state index contributed by atoms with van der Waals surface area (Å²) in [5, 5.41) is 5.95. The second kappa shape index (κ2) is 6.14. The fourth-order valence-electron chi connectivity index (χ4n) is 3.52. The number of piperazine rings is 1. The van der Waals surface area contributed by atoms with Gasteiger partial charge in [-0.3, -0.25) is 0 Å². The van der Waals surface area contributed by atoms with Crippen LogP contribution in [0.25, 0.3) is 31.4 Å². The Bertz CT molecular complexity index is 1010. The number of aromatic nitrogens is 1. The topological polar surface area (TPSA) is 28.2 Å². The van der Waals surface area contributed by atoms with Gasteiger partial charge in [-0.25, -0.2) is 4.98 Å². The minimum absolute atomic E-state index is 1.00. The molecule has 2 aromatic heterocycles. The minimum atomic E-state index is 1.00. The molecule has 4 aromatic rings. The molecule has 1 N–H and O–H groups in total. The lowest BCUT2D eigenvalue weighted by molar-refractivity contribution is 0.586. The normalized spacial score (nSPS) is 15.1. The van der Waals surface area contributed by atoms with E-state index in [1.807, 2.05) is 11.3 Å². The molecular formula is C21H19N3S. The van der Waals surface area contributed by atoms with Gasteiger partial charge in [0.1, 0.15) is 5.82 Å². The summed E-state index contributed by atoms with van der Waals surface area (Å²) >= 11 is 1.85.